The zero-order valence-electron chi connectivity index (χ0n) is 9.21. The Bertz CT molecular complexity index is 194. The van der Waals surface area contributed by atoms with Crippen molar-refractivity contribution in [3.05, 3.63) is 0 Å². The molecule has 3 atom stereocenters. The van der Waals surface area contributed by atoms with Gasteiger partial charge in [0.2, 0.25) is 0 Å². The third-order valence-corrected chi connectivity index (χ3v) is 3.31. The predicted octanol–water partition coefficient (Wildman–Crippen LogP) is 1.32. The molecule has 0 saturated carbocycles. The lowest BCUT2D eigenvalue weighted by Gasteiger charge is -2.45. The van der Waals surface area contributed by atoms with Crippen LogP contribution in [0.2, 0.25) is 0 Å². The maximum Gasteiger partial charge on any atom is 0.0857 e. The molecule has 0 aromatic rings. The standard InChI is InChI=1S/C11H21NO2/c1-3-10-7-12-8-11(14-10)4-5-13-9(2)6-11/h9-10,12H,3-8H2,1-2H3. The second kappa shape index (κ2) is 4.17. The highest BCUT2D eigenvalue weighted by Gasteiger charge is 2.40. The van der Waals surface area contributed by atoms with E-state index in [2.05, 4.69) is 19.2 Å². The predicted molar refractivity (Wildman–Crippen MR) is 55.4 cm³/mol. The van der Waals surface area contributed by atoms with Gasteiger partial charge in [0.1, 0.15) is 0 Å². The van der Waals surface area contributed by atoms with Crippen molar-refractivity contribution in [2.24, 2.45) is 0 Å². The largest absolute Gasteiger partial charge is 0.378 e. The van der Waals surface area contributed by atoms with Gasteiger partial charge in [-0.2, -0.15) is 0 Å². The minimum atomic E-state index is 0.0661. The first-order valence-corrected chi connectivity index (χ1v) is 5.74. The normalized spacial score (nSPS) is 44.1. The molecule has 1 spiro atoms. The van der Waals surface area contributed by atoms with E-state index in [0.29, 0.717) is 12.2 Å². The van der Waals surface area contributed by atoms with Gasteiger partial charge in [-0.1, -0.05) is 6.92 Å². The van der Waals surface area contributed by atoms with Gasteiger partial charge in [-0.15, -0.1) is 0 Å². The fourth-order valence-electron chi connectivity index (χ4n) is 2.52. The van der Waals surface area contributed by atoms with Crippen LogP contribution in [0.25, 0.3) is 0 Å². The molecule has 2 aliphatic rings. The number of hydrogen-bond donors (Lipinski definition) is 1. The second-order valence-electron chi connectivity index (χ2n) is 4.60. The Morgan fingerprint density at radius 1 is 1.50 bits per heavy atom. The van der Waals surface area contributed by atoms with E-state index in [1.165, 1.54) is 0 Å². The van der Waals surface area contributed by atoms with Crippen LogP contribution in [0, 0.1) is 0 Å². The van der Waals surface area contributed by atoms with Crippen molar-refractivity contribution < 1.29 is 9.47 Å². The van der Waals surface area contributed by atoms with Crippen molar-refractivity contribution in [2.75, 3.05) is 19.7 Å². The van der Waals surface area contributed by atoms with Gasteiger partial charge in [-0.3, -0.25) is 0 Å². The van der Waals surface area contributed by atoms with Crippen LogP contribution in [0.4, 0.5) is 0 Å². The highest BCUT2D eigenvalue weighted by atomic mass is 16.5. The van der Waals surface area contributed by atoms with Crippen molar-refractivity contribution in [1.82, 2.24) is 5.32 Å². The van der Waals surface area contributed by atoms with E-state index >= 15 is 0 Å². The van der Waals surface area contributed by atoms with Gasteiger partial charge in [0, 0.05) is 32.5 Å². The second-order valence-corrected chi connectivity index (χ2v) is 4.60. The topological polar surface area (TPSA) is 30.5 Å². The van der Waals surface area contributed by atoms with Gasteiger partial charge in [0.05, 0.1) is 17.8 Å². The lowest BCUT2D eigenvalue weighted by Crippen LogP contribution is -2.57. The molecule has 3 heteroatoms. The van der Waals surface area contributed by atoms with E-state index in [0.717, 1.165) is 39.0 Å². The minimum absolute atomic E-state index is 0.0661. The average Bonchev–Trinajstić information content (AvgIpc) is 2.17. The SMILES string of the molecule is CCC1CNCC2(CCOC(C)C2)O1. The van der Waals surface area contributed by atoms with Crippen LogP contribution in [0.3, 0.4) is 0 Å². The van der Waals surface area contributed by atoms with E-state index < -0.39 is 0 Å². The molecule has 2 heterocycles. The molecule has 14 heavy (non-hydrogen) atoms. The molecule has 1 N–H and O–H groups in total. The van der Waals surface area contributed by atoms with Crippen LogP contribution in [0.5, 0.6) is 0 Å². The first-order valence-electron chi connectivity index (χ1n) is 5.74. The fraction of sp³-hybridized carbons (Fsp3) is 1.00. The van der Waals surface area contributed by atoms with Gasteiger partial charge < -0.3 is 14.8 Å². The van der Waals surface area contributed by atoms with Crippen LogP contribution in [0.1, 0.15) is 33.1 Å². The van der Waals surface area contributed by atoms with E-state index in [4.69, 9.17) is 9.47 Å². The zero-order valence-corrected chi connectivity index (χ0v) is 9.21. The number of ether oxygens (including phenoxy) is 2. The molecule has 0 amide bonds. The van der Waals surface area contributed by atoms with Gasteiger partial charge in [-0.25, -0.2) is 0 Å². The summed E-state index contributed by atoms with van der Waals surface area (Å²) < 4.78 is 11.8. The first kappa shape index (κ1) is 10.4. The smallest absolute Gasteiger partial charge is 0.0857 e. The summed E-state index contributed by atoms with van der Waals surface area (Å²) in [5.41, 5.74) is 0.0661. The maximum atomic E-state index is 6.19. The Labute approximate surface area is 86.2 Å². The molecule has 0 bridgehead atoms. The molecule has 0 aliphatic carbocycles. The van der Waals surface area contributed by atoms with Crippen molar-refractivity contribution >= 4 is 0 Å². The van der Waals surface area contributed by atoms with Gasteiger partial charge in [0.15, 0.2) is 0 Å². The summed E-state index contributed by atoms with van der Waals surface area (Å²) >= 11 is 0. The van der Waals surface area contributed by atoms with Gasteiger partial charge in [-0.05, 0) is 13.3 Å². The Balaban J connectivity index is 1.99. The molecule has 2 saturated heterocycles. The van der Waals surface area contributed by atoms with Crippen molar-refractivity contribution in [1.29, 1.82) is 0 Å². The average molecular weight is 199 g/mol. The molecule has 2 aliphatic heterocycles. The van der Waals surface area contributed by atoms with E-state index in [-0.39, 0.29) is 5.60 Å². The van der Waals surface area contributed by atoms with E-state index in [1.807, 2.05) is 0 Å². The number of morpholine rings is 1. The highest BCUT2D eigenvalue weighted by Crippen LogP contribution is 2.31. The summed E-state index contributed by atoms with van der Waals surface area (Å²) in [6.07, 6.45) is 3.93. The molecule has 3 nitrogen and oxygen atoms in total. The van der Waals surface area contributed by atoms with Crippen molar-refractivity contribution in [3.63, 3.8) is 0 Å². The van der Waals surface area contributed by atoms with Crippen LogP contribution < -0.4 is 5.32 Å². The Hall–Kier alpha value is -0.120. The minimum Gasteiger partial charge on any atom is -0.378 e. The van der Waals surface area contributed by atoms with Crippen molar-refractivity contribution in [3.8, 4) is 0 Å². The van der Waals surface area contributed by atoms with Gasteiger partial charge >= 0.3 is 0 Å². The monoisotopic (exact) mass is 199 g/mol. The molecular weight excluding hydrogens is 178 g/mol. The van der Waals surface area contributed by atoms with E-state index in [9.17, 15) is 0 Å². The van der Waals surface area contributed by atoms with Crippen molar-refractivity contribution in [2.45, 2.75) is 50.9 Å². The third-order valence-electron chi connectivity index (χ3n) is 3.31. The molecular formula is C11H21NO2. The summed E-state index contributed by atoms with van der Waals surface area (Å²) in [5, 5.41) is 3.49. The number of nitrogens with one attached hydrogen (secondary N) is 1. The summed E-state index contributed by atoms with van der Waals surface area (Å²) in [5.74, 6) is 0. The highest BCUT2D eigenvalue weighted by molar-refractivity contribution is 4.92. The van der Waals surface area contributed by atoms with Gasteiger partial charge in [0.25, 0.3) is 0 Å². The van der Waals surface area contributed by atoms with Crippen LogP contribution in [-0.2, 0) is 9.47 Å². The molecule has 2 rings (SSSR count). The molecule has 3 unspecified atom stereocenters. The molecule has 0 aromatic heterocycles. The lowest BCUT2D eigenvalue weighted by molar-refractivity contribution is -0.174. The quantitative estimate of drug-likeness (QED) is 0.691. The number of rotatable bonds is 1. The van der Waals surface area contributed by atoms with Crippen LogP contribution in [0.15, 0.2) is 0 Å². The summed E-state index contributed by atoms with van der Waals surface area (Å²) in [6, 6.07) is 0. The van der Waals surface area contributed by atoms with E-state index in [1.54, 1.807) is 0 Å². The Morgan fingerprint density at radius 2 is 2.36 bits per heavy atom. The zero-order chi connectivity index (χ0) is 10.0. The summed E-state index contributed by atoms with van der Waals surface area (Å²) in [6.45, 7) is 7.18. The fourth-order valence-corrected chi connectivity index (χ4v) is 2.52. The van der Waals surface area contributed by atoms with Crippen LogP contribution in [-0.4, -0.2) is 37.5 Å². The third kappa shape index (κ3) is 2.10. The molecule has 0 aromatic carbocycles. The Morgan fingerprint density at radius 3 is 3.07 bits per heavy atom. The number of hydrogen-bond acceptors (Lipinski definition) is 3. The summed E-state index contributed by atoms with van der Waals surface area (Å²) in [4.78, 5) is 0. The molecule has 82 valence electrons. The molecule has 0 radical (unpaired) electrons. The maximum absolute atomic E-state index is 6.19. The Kier molecular flexibility index (Phi) is 3.10. The first-order chi connectivity index (χ1) is 6.74. The lowest BCUT2D eigenvalue weighted by atomic mass is 9.88. The molecule has 2 fully saturated rings. The van der Waals surface area contributed by atoms with Crippen LogP contribution >= 0.6 is 0 Å². The summed E-state index contributed by atoms with van der Waals surface area (Å²) in [7, 11) is 0.